The van der Waals surface area contributed by atoms with Crippen LogP contribution < -0.4 is 0 Å². The topological polar surface area (TPSA) is 43.4 Å². The van der Waals surface area contributed by atoms with Crippen molar-refractivity contribution in [2.24, 2.45) is 0 Å². The zero-order chi connectivity index (χ0) is 9.40. The number of esters is 1. The molecule has 0 aromatic carbocycles. The van der Waals surface area contributed by atoms with Crippen molar-refractivity contribution in [1.82, 2.24) is 0 Å². The van der Waals surface area contributed by atoms with E-state index >= 15 is 0 Å². The van der Waals surface area contributed by atoms with Crippen molar-refractivity contribution < 1.29 is 14.3 Å². The van der Waals surface area contributed by atoms with Crippen LogP contribution in [0.2, 0.25) is 0 Å². The van der Waals surface area contributed by atoms with E-state index in [0.717, 1.165) is 17.8 Å². The highest BCUT2D eigenvalue weighted by Gasteiger charge is 2.00. The van der Waals surface area contributed by atoms with Gasteiger partial charge in [0.25, 0.3) is 0 Å². The van der Waals surface area contributed by atoms with Gasteiger partial charge in [0.15, 0.2) is 5.12 Å². The molecule has 0 rings (SSSR count). The maximum Gasteiger partial charge on any atom is 0.330 e. The molecule has 0 aliphatic carbocycles. The maximum atomic E-state index is 10.7. The van der Waals surface area contributed by atoms with E-state index < -0.39 is 5.97 Å². The number of carbonyl (C=O) groups is 2. The van der Waals surface area contributed by atoms with Gasteiger partial charge in [0, 0.05) is 11.8 Å². The van der Waals surface area contributed by atoms with E-state index in [9.17, 15) is 9.59 Å². The Morgan fingerprint density at radius 2 is 2.25 bits per heavy atom. The molecule has 0 aromatic heterocycles. The van der Waals surface area contributed by atoms with E-state index in [2.05, 4.69) is 23.9 Å². The van der Waals surface area contributed by atoms with Crippen LogP contribution in [0.5, 0.6) is 0 Å². The normalized spacial score (nSPS) is 9.08. The third-order valence-electron chi connectivity index (χ3n) is 0.886. The van der Waals surface area contributed by atoms with Crippen molar-refractivity contribution in [3.05, 3.63) is 12.7 Å². The molecule has 0 bridgehead atoms. The molecule has 12 heavy (non-hydrogen) atoms. The van der Waals surface area contributed by atoms with Gasteiger partial charge in [0.1, 0.15) is 6.61 Å². The van der Waals surface area contributed by atoms with E-state index in [1.165, 1.54) is 0 Å². The van der Waals surface area contributed by atoms with E-state index in [4.69, 9.17) is 0 Å². The molecular formula is C7H10O3S2. The molecule has 0 aliphatic rings. The molecule has 0 unspecified atom stereocenters. The summed E-state index contributed by atoms with van der Waals surface area (Å²) < 4.78 is 4.63. The van der Waals surface area contributed by atoms with Crippen molar-refractivity contribution in [3.63, 3.8) is 0 Å². The van der Waals surface area contributed by atoms with Crippen molar-refractivity contribution >= 4 is 35.5 Å². The van der Waals surface area contributed by atoms with Gasteiger partial charge in [-0.2, -0.15) is 12.6 Å². The van der Waals surface area contributed by atoms with Crippen LogP contribution in [0.1, 0.15) is 0 Å². The van der Waals surface area contributed by atoms with Gasteiger partial charge in [0.05, 0.1) is 5.75 Å². The van der Waals surface area contributed by atoms with Crippen molar-refractivity contribution in [2.75, 3.05) is 18.1 Å². The first-order chi connectivity index (χ1) is 5.70. The number of carbonyl (C=O) groups excluding carboxylic acids is 2. The van der Waals surface area contributed by atoms with Crippen LogP contribution in [0.25, 0.3) is 0 Å². The lowest BCUT2D eigenvalue weighted by atomic mass is 10.6. The smallest absolute Gasteiger partial charge is 0.330 e. The van der Waals surface area contributed by atoms with Crippen molar-refractivity contribution in [2.45, 2.75) is 0 Å². The molecule has 0 N–H and O–H groups in total. The molecule has 0 heterocycles. The van der Waals surface area contributed by atoms with Gasteiger partial charge < -0.3 is 4.74 Å². The molecule has 0 aliphatic heterocycles. The summed E-state index contributed by atoms with van der Waals surface area (Å²) in [4.78, 5) is 21.1. The lowest BCUT2D eigenvalue weighted by Crippen LogP contribution is -2.05. The van der Waals surface area contributed by atoms with Crippen LogP contribution >= 0.6 is 24.4 Å². The molecule has 0 atom stereocenters. The average molecular weight is 206 g/mol. The van der Waals surface area contributed by atoms with Crippen LogP contribution in [-0.4, -0.2) is 29.2 Å². The summed E-state index contributed by atoms with van der Waals surface area (Å²) in [5.74, 6) is 0.216. The SMILES string of the molecule is C=CC(=O)OCCSC(=O)CS. The zero-order valence-corrected chi connectivity index (χ0v) is 8.20. The molecular weight excluding hydrogens is 196 g/mol. The van der Waals surface area contributed by atoms with Gasteiger partial charge in [-0.05, 0) is 0 Å². The zero-order valence-electron chi connectivity index (χ0n) is 6.49. The Hall–Kier alpha value is -0.420. The third-order valence-corrected chi connectivity index (χ3v) is 2.22. The van der Waals surface area contributed by atoms with Crippen molar-refractivity contribution in [3.8, 4) is 0 Å². The summed E-state index contributed by atoms with van der Waals surface area (Å²) in [6, 6.07) is 0. The fourth-order valence-electron chi connectivity index (χ4n) is 0.402. The Bertz CT molecular complexity index is 179. The lowest BCUT2D eigenvalue weighted by molar-refractivity contribution is -0.137. The second-order valence-corrected chi connectivity index (χ2v) is 3.22. The summed E-state index contributed by atoms with van der Waals surface area (Å²) in [6.07, 6.45) is 1.09. The number of thiol groups is 1. The molecule has 0 radical (unpaired) electrons. The molecule has 3 nitrogen and oxygen atoms in total. The van der Waals surface area contributed by atoms with Gasteiger partial charge in [-0.15, -0.1) is 0 Å². The number of thioether (sulfide) groups is 1. The van der Waals surface area contributed by atoms with E-state index in [1.807, 2.05) is 0 Å². The van der Waals surface area contributed by atoms with E-state index in [-0.39, 0.29) is 17.5 Å². The second-order valence-electron chi connectivity index (χ2n) is 1.75. The third kappa shape index (κ3) is 6.30. The summed E-state index contributed by atoms with van der Waals surface area (Å²) in [5.41, 5.74) is 0. The Labute approximate surface area is 81.0 Å². The number of rotatable bonds is 5. The van der Waals surface area contributed by atoms with Crippen LogP contribution in [0.3, 0.4) is 0 Å². The first kappa shape index (κ1) is 11.6. The van der Waals surface area contributed by atoms with Gasteiger partial charge >= 0.3 is 5.97 Å². The monoisotopic (exact) mass is 206 g/mol. The van der Waals surface area contributed by atoms with Gasteiger partial charge in [-0.25, -0.2) is 4.79 Å². The minimum Gasteiger partial charge on any atom is -0.462 e. The van der Waals surface area contributed by atoms with E-state index in [0.29, 0.717) is 5.75 Å². The largest absolute Gasteiger partial charge is 0.462 e. The molecule has 5 heteroatoms. The van der Waals surface area contributed by atoms with Crippen LogP contribution in [0.4, 0.5) is 0 Å². The number of hydrogen-bond donors (Lipinski definition) is 1. The first-order valence-corrected chi connectivity index (χ1v) is 4.88. The summed E-state index contributed by atoms with van der Waals surface area (Å²) in [5, 5.41) is -0.0204. The Balaban J connectivity index is 3.27. The summed E-state index contributed by atoms with van der Waals surface area (Å²) in [7, 11) is 0. The van der Waals surface area contributed by atoms with E-state index in [1.54, 1.807) is 0 Å². The molecule has 68 valence electrons. The number of ether oxygens (including phenoxy) is 1. The molecule has 0 saturated carbocycles. The quantitative estimate of drug-likeness (QED) is 0.314. The lowest BCUT2D eigenvalue weighted by Gasteiger charge is -1.99. The summed E-state index contributed by atoms with van der Waals surface area (Å²) >= 11 is 4.88. The fourth-order valence-corrected chi connectivity index (χ4v) is 1.16. The highest BCUT2D eigenvalue weighted by Crippen LogP contribution is 2.02. The molecule has 0 spiro atoms. The predicted molar refractivity (Wildman–Crippen MR) is 52.5 cm³/mol. The standard InChI is InChI=1S/C7H10O3S2/c1-2-6(8)10-3-4-12-7(9)5-11/h2,11H,1,3-5H2. The second kappa shape index (κ2) is 7.24. The Morgan fingerprint density at radius 3 is 2.75 bits per heavy atom. The van der Waals surface area contributed by atoms with Gasteiger partial charge in [-0.3, -0.25) is 4.79 Å². The maximum absolute atomic E-state index is 10.7. The van der Waals surface area contributed by atoms with Crippen LogP contribution in [0, 0.1) is 0 Å². The highest BCUT2D eigenvalue weighted by atomic mass is 32.2. The molecule has 0 fully saturated rings. The van der Waals surface area contributed by atoms with Gasteiger partial charge in [-0.1, -0.05) is 18.3 Å². The van der Waals surface area contributed by atoms with Gasteiger partial charge in [0.2, 0.25) is 0 Å². The Morgan fingerprint density at radius 1 is 1.58 bits per heavy atom. The highest BCUT2D eigenvalue weighted by molar-refractivity contribution is 8.14. The minimum absolute atomic E-state index is 0.0204. The van der Waals surface area contributed by atoms with Crippen LogP contribution in [-0.2, 0) is 14.3 Å². The predicted octanol–water partition coefficient (Wildman–Crippen LogP) is 0.905. The summed E-state index contributed by atoms with van der Waals surface area (Å²) in [6.45, 7) is 3.46. The van der Waals surface area contributed by atoms with Crippen molar-refractivity contribution in [1.29, 1.82) is 0 Å². The first-order valence-electron chi connectivity index (χ1n) is 3.26. The molecule has 0 aromatic rings. The minimum atomic E-state index is -0.464. The Kier molecular flexibility index (Phi) is 6.99. The van der Waals surface area contributed by atoms with Crippen LogP contribution in [0.15, 0.2) is 12.7 Å². The molecule has 0 saturated heterocycles. The molecule has 0 amide bonds. The number of hydrogen-bond acceptors (Lipinski definition) is 5. The average Bonchev–Trinajstić information content (AvgIpc) is 2.11. The fraction of sp³-hybridized carbons (Fsp3) is 0.429.